The minimum absolute atomic E-state index is 0.00639. The summed E-state index contributed by atoms with van der Waals surface area (Å²) < 4.78 is 10.2. The third-order valence-corrected chi connectivity index (χ3v) is 4.80. The maximum absolute atomic E-state index is 11.9. The Balaban J connectivity index is 0.00000122. The van der Waals surface area contributed by atoms with Crippen molar-refractivity contribution >= 4 is 46.5 Å². The number of halogens is 1. The molecule has 1 aromatic heterocycles. The van der Waals surface area contributed by atoms with Crippen LogP contribution in [-0.4, -0.2) is 48.7 Å². The van der Waals surface area contributed by atoms with Crippen molar-refractivity contribution in [1.29, 1.82) is 0 Å². The molecule has 3 rings (SSSR count). The monoisotopic (exact) mass is 473 g/mol. The van der Waals surface area contributed by atoms with Crippen LogP contribution in [0, 0.1) is 13.8 Å². The summed E-state index contributed by atoms with van der Waals surface area (Å²) >= 11 is 6.29. The van der Waals surface area contributed by atoms with E-state index in [0.717, 1.165) is 39.0 Å². The average molecular weight is 474 g/mol. The molecule has 4 N–H and O–H groups in total. The van der Waals surface area contributed by atoms with E-state index in [0.29, 0.717) is 10.8 Å². The lowest BCUT2D eigenvalue weighted by Crippen LogP contribution is -2.20. The van der Waals surface area contributed by atoms with Crippen LogP contribution in [0.3, 0.4) is 0 Å². The van der Waals surface area contributed by atoms with Crippen LogP contribution in [0.5, 0.6) is 5.75 Å². The molecule has 33 heavy (non-hydrogen) atoms. The van der Waals surface area contributed by atoms with Gasteiger partial charge in [-0.1, -0.05) is 11.6 Å². The molecule has 9 nitrogen and oxygen atoms in total. The van der Waals surface area contributed by atoms with Crippen molar-refractivity contribution in [2.75, 3.05) is 25.6 Å². The number of hydrogen-bond donors (Lipinski definition) is 3. The van der Waals surface area contributed by atoms with Gasteiger partial charge in [0.1, 0.15) is 12.4 Å². The van der Waals surface area contributed by atoms with E-state index < -0.39 is 5.91 Å². The Morgan fingerprint density at radius 1 is 1.15 bits per heavy atom. The molecule has 0 atom stereocenters. The Morgan fingerprint density at radius 2 is 1.85 bits per heavy atom. The highest BCUT2D eigenvalue weighted by Gasteiger charge is 2.12. The zero-order chi connectivity index (χ0) is 24.5. The molecule has 2 aromatic carbocycles. The zero-order valence-electron chi connectivity index (χ0n) is 18.3. The molecule has 10 heteroatoms. The van der Waals surface area contributed by atoms with E-state index in [1.807, 2.05) is 38.1 Å². The quantitative estimate of drug-likeness (QED) is 0.447. The van der Waals surface area contributed by atoms with Gasteiger partial charge in [-0.3, -0.25) is 14.4 Å². The van der Waals surface area contributed by atoms with Crippen LogP contribution in [0.2, 0.25) is 5.02 Å². The van der Waals surface area contributed by atoms with E-state index in [4.69, 9.17) is 41.7 Å². The standard InChI is InChI=1S/C22H22ClN3O4.CH2O2/c1-12-6-18(14-4-5-20(16(23)8-14)30-10-21(24)27)25-19-7-13(2)17(9-15(12)19)26-22(28)11-29-3;2-1-3/h4-9H,10-11H2,1-3H3,(H2,24,27)(H,26,28);1H,(H,2,3). The van der Waals surface area contributed by atoms with Crippen LogP contribution < -0.4 is 15.8 Å². The molecule has 2 amide bonds. The lowest BCUT2D eigenvalue weighted by atomic mass is 10.0. The van der Waals surface area contributed by atoms with Gasteiger partial charge in [-0.05, 0) is 61.4 Å². The molecule has 0 fully saturated rings. The van der Waals surface area contributed by atoms with E-state index in [9.17, 15) is 9.59 Å². The van der Waals surface area contributed by atoms with E-state index >= 15 is 0 Å². The van der Waals surface area contributed by atoms with Crippen molar-refractivity contribution in [2.45, 2.75) is 13.8 Å². The van der Waals surface area contributed by atoms with Crippen molar-refractivity contribution < 1.29 is 29.0 Å². The molecule has 0 radical (unpaired) electrons. The van der Waals surface area contributed by atoms with E-state index in [1.165, 1.54) is 7.11 Å². The van der Waals surface area contributed by atoms with Gasteiger partial charge in [0.05, 0.1) is 16.2 Å². The number of amides is 2. The van der Waals surface area contributed by atoms with Gasteiger partial charge in [-0.2, -0.15) is 0 Å². The lowest BCUT2D eigenvalue weighted by Gasteiger charge is -2.13. The third kappa shape index (κ3) is 6.90. The van der Waals surface area contributed by atoms with Crippen molar-refractivity contribution in [3.8, 4) is 17.0 Å². The number of nitrogens with two attached hydrogens (primary N) is 1. The number of fused-ring (bicyclic) bond motifs is 1. The smallest absolute Gasteiger partial charge is 0.290 e. The first kappa shape index (κ1) is 25.6. The Kier molecular flexibility index (Phi) is 9.14. The highest BCUT2D eigenvalue weighted by molar-refractivity contribution is 6.32. The number of nitrogens with zero attached hydrogens (tertiary/aromatic N) is 1. The Morgan fingerprint density at radius 3 is 2.45 bits per heavy atom. The molecule has 0 aliphatic carbocycles. The number of nitrogens with one attached hydrogen (secondary N) is 1. The number of ether oxygens (including phenoxy) is 2. The fraction of sp³-hybridized carbons (Fsp3) is 0.217. The molecule has 3 aromatic rings. The molecule has 0 aliphatic rings. The van der Waals surface area contributed by atoms with E-state index in [2.05, 4.69) is 5.32 Å². The topological polar surface area (TPSA) is 141 Å². The number of methoxy groups -OCH3 is 1. The predicted octanol–water partition coefficient (Wildman–Crippen LogP) is 3.32. The molecular formula is C23H24ClN3O6. The van der Waals surface area contributed by atoms with E-state index in [1.54, 1.807) is 12.1 Å². The number of carbonyl (C=O) groups is 3. The molecule has 0 aliphatic heterocycles. The van der Waals surface area contributed by atoms with Gasteiger partial charge >= 0.3 is 0 Å². The van der Waals surface area contributed by atoms with Gasteiger partial charge < -0.3 is 25.6 Å². The molecule has 0 bridgehead atoms. The Hall–Kier alpha value is -3.69. The van der Waals surface area contributed by atoms with Gasteiger partial charge in [-0.25, -0.2) is 4.98 Å². The molecule has 0 spiro atoms. The number of primary amides is 1. The van der Waals surface area contributed by atoms with Crippen molar-refractivity contribution in [1.82, 2.24) is 4.98 Å². The van der Waals surface area contributed by atoms with Crippen molar-refractivity contribution in [2.24, 2.45) is 5.73 Å². The van der Waals surface area contributed by atoms with Crippen LogP contribution >= 0.6 is 11.6 Å². The summed E-state index contributed by atoms with van der Waals surface area (Å²) in [6.07, 6.45) is 0. The number of carbonyl (C=O) groups excluding carboxylic acids is 2. The number of aryl methyl sites for hydroxylation is 2. The highest BCUT2D eigenvalue weighted by Crippen LogP contribution is 2.32. The number of benzene rings is 2. The van der Waals surface area contributed by atoms with Crippen LogP contribution in [0.1, 0.15) is 11.1 Å². The van der Waals surface area contributed by atoms with Crippen molar-refractivity contribution in [3.05, 3.63) is 52.5 Å². The molecule has 0 unspecified atom stereocenters. The summed E-state index contributed by atoms with van der Waals surface area (Å²) in [5.74, 6) is -0.408. The fourth-order valence-corrected chi connectivity index (χ4v) is 3.31. The van der Waals surface area contributed by atoms with Crippen LogP contribution in [0.4, 0.5) is 5.69 Å². The maximum Gasteiger partial charge on any atom is 0.290 e. The first-order valence-corrected chi connectivity index (χ1v) is 10.1. The second-order valence-electron chi connectivity index (χ2n) is 7.00. The van der Waals surface area contributed by atoms with Gasteiger partial charge in [0.15, 0.2) is 6.61 Å². The number of carboxylic acid groups (broad SMARTS) is 1. The van der Waals surface area contributed by atoms with Gasteiger partial charge in [0, 0.05) is 23.7 Å². The average Bonchev–Trinajstić information content (AvgIpc) is 2.74. The van der Waals surface area contributed by atoms with Crippen molar-refractivity contribution in [3.63, 3.8) is 0 Å². The Bertz CT molecular complexity index is 1180. The highest BCUT2D eigenvalue weighted by atomic mass is 35.5. The zero-order valence-corrected chi connectivity index (χ0v) is 19.1. The first-order chi connectivity index (χ1) is 15.7. The normalized spacial score (nSPS) is 10.2. The number of pyridine rings is 1. The number of rotatable bonds is 7. The second-order valence-corrected chi connectivity index (χ2v) is 7.40. The number of hydrogen-bond acceptors (Lipinski definition) is 6. The molecular weight excluding hydrogens is 450 g/mol. The molecule has 0 saturated heterocycles. The molecule has 1 heterocycles. The molecule has 0 saturated carbocycles. The Labute approximate surface area is 195 Å². The van der Waals surface area contributed by atoms with Gasteiger partial charge in [-0.15, -0.1) is 0 Å². The summed E-state index contributed by atoms with van der Waals surface area (Å²) in [4.78, 5) is 35.9. The summed E-state index contributed by atoms with van der Waals surface area (Å²) in [6.45, 7) is 3.39. The first-order valence-electron chi connectivity index (χ1n) is 9.69. The summed E-state index contributed by atoms with van der Waals surface area (Å²) in [6, 6.07) is 11.0. The number of anilines is 1. The minimum atomic E-state index is -0.574. The summed E-state index contributed by atoms with van der Waals surface area (Å²) in [7, 11) is 1.48. The lowest BCUT2D eigenvalue weighted by molar-refractivity contribution is -0.123. The second kappa shape index (κ2) is 11.8. The fourth-order valence-electron chi connectivity index (χ4n) is 3.07. The van der Waals surface area contributed by atoms with Crippen LogP contribution in [-0.2, 0) is 19.1 Å². The maximum atomic E-state index is 11.9. The van der Waals surface area contributed by atoms with E-state index in [-0.39, 0.29) is 25.6 Å². The predicted molar refractivity (Wildman–Crippen MR) is 126 cm³/mol. The SMILES string of the molecule is COCC(=O)Nc1cc2c(C)cc(-c3ccc(OCC(N)=O)c(Cl)c3)nc2cc1C.O=CO. The third-order valence-electron chi connectivity index (χ3n) is 4.51. The largest absolute Gasteiger partial charge is 0.483 e. The van der Waals surface area contributed by atoms with Crippen LogP contribution in [0.25, 0.3) is 22.2 Å². The number of aromatic nitrogens is 1. The van der Waals surface area contributed by atoms with Gasteiger partial charge in [0.25, 0.3) is 12.4 Å². The van der Waals surface area contributed by atoms with Crippen LogP contribution in [0.15, 0.2) is 36.4 Å². The summed E-state index contributed by atoms with van der Waals surface area (Å²) in [5.41, 5.74) is 10.1. The summed E-state index contributed by atoms with van der Waals surface area (Å²) in [5, 5.41) is 11.0. The molecule has 174 valence electrons. The minimum Gasteiger partial charge on any atom is -0.483 e. The van der Waals surface area contributed by atoms with Gasteiger partial charge in [0.2, 0.25) is 5.91 Å².